The van der Waals surface area contributed by atoms with Gasteiger partial charge in [-0.3, -0.25) is 0 Å². The van der Waals surface area contributed by atoms with Crippen molar-refractivity contribution in [2.45, 2.75) is 13.5 Å². The number of aliphatic hydroxyl groups excluding tert-OH is 1. The summed E-state index contributed by atoms with van der Waals surface area (Å²) in [5.41, 5.74) is 9.04. The third-order valence-electron chi connectivity index (χ3n) is 3.22. The van der Waals surface area contributed by atoms with E-state index in [-0.39, 0.29) is 12.5 Å². The lowest BCUT2D eigenvalue weighted by molar-refractivity contribution is 0.174. The van der Waals surface area contributed by atoms with Crippen molar-refractivity contribution in [3.8, 4) is 16.9 Å². The van der Waals surface area contributed by atoms with Gasteiger partial charge in [0.2, 0.25) is 0 Å². The van der Waals surface area contributed by atoms with Gasteiger partial charge < -0.3 is 15.6 Å². The highest BCUT2D eigenvalue weighted by molar-refractivity contribution is 5.64. The number of hydrogen-bond donors (Lipinski definition) is 2. The van der Waals surface area contributed by atoms with Gasteiger partial charge in [-0.25, -0.2) is 0 Å². The van der Waals surface area contributed by atoms with E-state index in [0.29, 0.717) is 13.2 Å². The molecule has 0 saturated heterocycles. The first-order valence-electron chi connectivity index (χ1n) is 6.86. The number of hydrogen-bond acceptors (Lipinski definition) is 3. The molecule has 0 radical (unpaired) electrons. The average Bonchev–Trinajstić information content (AvgIpc) is 2.53. The monoisotopic (exact) mass is 271 g/mol. The summed E-state index contributed by atoms with van der Waals surface area (Å²) >= 11 is 0. The lowest BCUT2D eigenvalue weighted by Gasteiger charge is -2.11. The Balaban J connectivity index is 2.03. The number of ether oxygens (including phenoxy) is 1. The third-order valence-corrected chi connectivity index (χ3v) is 3.22. The van der Waals surface area contributed by atoms with E-state index in [1.54, 1.807) is 0 Å². The van der Waals surface area contributed by atoms with Gasteiger partial charge in [-0.1, -0.05) is 43.3 Å². The molecule has 106 valence electrons. The maximum atomic E-state index is 8.96. The van der Waals surface area contributed by atoms with Gasteiger partial charge in [0.15, 0.2) is 0 Å². The van der Waals surface area contributed by atoms with Gasteiger partial charge in [0.25, 0.3) is 0 Å². The first-order valence-corrected chi connectivity index (χ1v) is 6.86. The minimum absolute atomic E-state index is 0.144. The second kappa shape index (κ2) is 7.08. The molecule has 2 rings (SSSR count). The summed E-state index contributed by atoms with van der Waals surface area (Å²) in [7, 11) is 0. The number of rotatable bonds is 6. The summed E-state index contributed by atoms with van der Waals surface area (Å²) in [5.74, 6) is 0.978. The van der Waals surface area contributed by atoms with E-state index in [9.17, 15) is 0 Å². The van der Waals surface area contributed by atoms with E-state index >= 15 is 0 Å². The summed E-state index contributed by atoms with van der Waals surface area (Å²) in [4.78, 5) is 0. The van der Waals surface area contributed by atoms with Crippen molar-refractivity contribution in [3.63, 3.8) is 0 Å². The molecule has 3 heteroatoms. The Labute approximate surface area is 120 Å². The molecule has 3 N–H and O–H groups in total. The SMILES string of the molecule is CC(CO)COc1ccc(-c2ccc(CN)cc2)cc1. The lowest BCUT2D eigenvalue weighted by Crippen LogP contribution is -2.11. The molecule has 0 aliphatic heterocycles. The molecule has 0 amide bonds. The zero-order chi connectivity index (χ0) is 14.4. The standard InChI is InChI=1S/C17H21NO2/c1-13(11-19)12-20-17-8-6-16(7-9-17)15-4-2-14(10-18)3-5-15/h2-9,13,19H,10-12,18H2,1H3. The van der Waals surface area contributed by atoms with Crippen LogP contribution in [0.15, 0.2) is 48.5 Å². The van der Waals surface area contributed by atoms with Gasteiger partial charge in [0.1, 0.15) is 5.75 Å². The van der Waals surface area contributed by atoms with Crippen LogP contribution >= 0.6 is 0 Å². The van der Waals surface area contributed by atoms with Crippen molar-refractivity contribution in [2.24, 2.45) is 11.7 Å². The Kier molecular flexibility index (Phi) is 5.16. The van der Waals surface area contributed by atoms with Gasteiger partial charge in [-0.15, -0.1) is 0 Å². The molecule has 0 aliphatic rings. The van der Waals surface area contributed by atoms with Gasteiger partial charge in [-0.05, 0) is 28.8 Å². The Morgan fingerprint density at radius 1 is 1.00 bits per heavy atom. The molecule has 2 aromatic carbocycles. The molecule has 20 heavy (non-hydrogen) atoms. The Morgan fingerprint density at radius 3 is 2.05 bits per heavy atom. The van der Waals surface area contributed by atoms with Crippen LogP contribution in [0.4, 0.5) is 0 Å². The molecule has 1 unspecified atom stereocenters. The smallest absolute Gasteiger partial charge is 0.119 e. The van der Waals surface area contributed by atoms with Crippen molar-refractivity contribution >= 4 is 0 Å². The Morgan fingerprint density at radius 2 is 1.55 bits per heavy atom. The minimum atomic E-state index is 0.144. The first kappa shape index (κ1) is 14.6. The summed E-state index contributed by atoms with van der Waals surface area (Å²) < 4.78 is 5.61. The van der Waals surface area contributed by atoms with Crippen LogP contribution in [0, 0.1) is 5.92 Å². The predicted molar refractivity (Wildman–Crippen MR) is 81.5 cm³/mol. The summed E-state index contributed by atoms with van der Waals surface area (Å²) in [6.07, 6.45) is 0. The van der Waals surface area contributed by atoms with Crippen molar-refractivity contribution in [1.82, 2.24) is 0 Å². The van der Waals surface area contributed by atoms with Crippen LogP contribution in [-0.4, -0.2) is 18.3 Å². The third kappa shape index (κ3) is 3.83. The zero-order valence-corrected chi connectivity index (χ0v) is 11.8. The quantitative estimate of drug-likeness (QED) is 0.849. The molecule has 0 bridgehead atoms. The second-order valence-electron chi connectivity index (χ2n) is 5.02. The molecule has 0 heterocycles. The van der Waals surface area contributed by atoms with E-state index < -0.39 is 0 Å². The van der Waals surface area contributed by atoms with Gasteiger partial charge in [-0.2, -0.15) is 0 Å². The van der Waals surface area contributed by atoms with Crippen LogP contribution in [0.1, 0.15) is 12.5 Å². The fourth-order valence-corrected chi connectivity index (χ4v) is 1.87. The highest BCUT2D eigenvalue weighted by Gasteiger charge is 2.02. The number of aliphatic hydroxyl groups is 1. The van der Waals surface area contributed by atoms with E-state index in [1.165, 1.54) is 0 Å². The van der Waals surface area contributed by atoms with Crippen LogP contribution < -0.4 is 10.5 Å². The topological polar surface area (TPSA) is 55.5 Å². The summed E-state index contributed by atoms with van der Waals surface area (Å²) in [6, 6.07) is 16.2. The highest BCUT2D eigenvalue weighted by atomic mass is 16.5. The van der Waals surface area contributed by atoms with Crippen molar-refractivity contribution in [3.05, 3.63) is 54.1 Å². The maximum Gasteiger partial charge on any atom is 0.119 e. The molecule has 3 nitrogen and oxygen atoms in total. The lowest BCUT2D eigenvalue weighted by atomic mass is 10.0. The zero-order valence-electron chi connectivity index (χ0n) is 11.8. The predicted octanol–water partition coefficient (Wildman–Crippen LogP) is 2.82. The van der Waals surface area contributed by atoms with E-state index in [0.717, 1.165) is 22.4 Å². The molecule has 0 spiro atoms. The van der Waals surface area contributed by atoms with Crippen LogP contribution in [0.5, 0.6) is 5.75 Å². The van der Waals surface area contributed by atoms with Gasteiger partial charge >= 0.3 is 0 Å². The average molecular weight is 271 g/mol. The first-order chi connectivity index (χ1) is 9.72. The van der Waals surface area contributed by atoms with Crippen LogP contribution in [0.2, 0.25) is 0 Å². The molecule has 1 atom stereocenters. The van der Waals surface area contributed by atoms with Crippen LogP contribution in [0.25, 0.3) is 11.1 Å². The highest BCUT2D eigenvalue weighted by Crippen LogP contribution is 2.23. The number of nitrogens with two attached hydrogens (primary N) is 1. The second-order valence-corrected chi connectivity index (χ2v) is 5.02. The molecule has 0 aromatic heterocycles. The Hall–Kier alpha value is -1.84. The van der Waals surface area contributed by atoms with E-state index in [1.807, 2.05) is 43.3 Å². The van der Waals surface area contributed by atoms with Crippen molar-refractivity contribution in [1.29, 1.82) is 0 Å². The normalized spacial score (nSPS) is 12.2. The van der Waals surface area contributed by atoms with E-state index in [2.05, 4.69) is 12.1 Å². The molecule has 0 fully saturated rings. The molecular weight excluding hydrogens is 250 g/mol. The van der Waals surface area contributed by atoms with Crippen LogP contribution in [0.3, 0.4) is 0 Å². The number of benzene rings is 2. The van der Waals surface area contributed by atoms with E-state index in [4.69, 9.17) is 15.6 Å². The van der Waals surface area contributed by atoms with Gasteiger partial charge in [0, 0.05) is 19.1 Å². The maximum absolute atomic E-state index is 8.96. The molecule has 2 aromatic rings. The van der Waals surface area contributed by atoms with Gasteiger partial charge in [0.05, 0.1) is 6.61 Å². The van der Waals surface area contributed by atoms with Crippen molar-refractivity contribution in [2.75, 3.05) is 13.2 Å². The van der Waals surface area contributed by atoms with Crippen molar-refractivity contribution < 1.29 is 9.84 Å². The van der Waals surface area contributed by atoms with Crippen LogP contribution in [-0.2, 0) is 6.54 Å². The fraction of sp³-hybridized carbons (Fsp3) is 0.294. The summed E-state index contributed by atoms with van der Waals surface area (Å²) in [5, 5.41) is 8.96. The fourth-order valence-electron chi connectivity index (χ4n) is 1.87. The minimum Gasteiger partial charge on any atom is -0.493 e. The summed E-state index contributed by atoms with van der Waals surface area (Å²) in [6.45, 7) is 3.19. The molecule has 0 saturated carbocycles. The largest absolute Gasteiger partial charge is 0.493 e. The Bertz CT molecular complexity index is 520. The molecule has 0 aliphatic carbocycles. The molecular formula is C17H21NO2.